The van der Waals surface area contributed by atoms with Crippen LogP contribution in [0.25, 0.3) is 11.1 Å². The number of benzene rings is 4. The van der Waals surface area contributed by atoms with Crippen molar-refractivity contribution in [2.24, 2.45) is 0 Å². The van der Waals surface area contributed by atoms with E-state index in [-0.39, 0.29) is 29.9 Å². The highest BCUT2D eigenvalue weighted by atomic mass is 16.3. The second-order valence-corrected chi connectivity index (χ2v) is 15.0. The second-order valence-electron chi connectivity index (χ2n) is 15.0. The van der Waals surface area contributed by atoms with Gasteiger partial charge < -0.3 is 25.1 Å². The summed E-state index contributed by atoms with van der Waals surface area (Å²) in [5.74, 6) is -0.517. The molecule has 7 rings (SSSR count). The summed E-state index contributed by atoms with van der Waals surface area (Å²) in [6, 6.07) is 32.5. The van der Waals surface area contributed by atoms with Gasteiger partial charge in [-0.05, 0) is 134 Å². The topological polar surface area (TPSA) is 105 Å². The lowest BCUT2D eigenvalue weighted by molar-refractivity contribution is -0.136. The molecule has 3 heterocycles. The van der Waals surface area contributed by atoms with Crippen molar-refractivity contribution in [3.05, 3.63) is 130 Å². The highest BCUT2D eigenvalue weighted by Crippen LogP contribution is 2.35. The summed E-state index contributed by atoms with van der Waals surface area (Å²) in [4.78, 5) is 43.8. The number of aryl methyl sites for hydroxylation is 1. The number of allylic oxidation sites excluding steroid dienone is 1. The number of phenolic OH excluding ortho intramolecular Hbond substituents is 1. The summed E-state index contributed by atoms with van der Waals surface area (Å²) in [6.45, 7) is 10.0. The first kappa shape index (κ1) is 38.0. The maximum Gasteiger partial charge on any atom is 0.255 e. The van der Waals surface area contributed by atoms with Crippen LogP contribution >= 0.6 is 0 Å². The van der Waals surface area contributed by atoms with Crippen molar-refractivity contribution in [2.75, 3.05) is 51.1 Å². The summed E-state index contributed by atoms with van der Waals surface area (Å²) < 4.78 is 0. The number of phenols is 1. The first-order valence-electron chi connectivity index (χ1n) is 20.0. The SMILES string of the molecule is CC/C(=C(\c1ccc(O)cc1)c1ccc(CCCN2CCCN(CCCNc3ccc4c(c3)CN(C3CCC(=O)NC3=O)C4=O)CC2)cc1)c1ccccc1. The highest BCUT2D eigenvalue weighted by molar-refractivity contribution is 6.05. The minimum Gasteiger partial charge on any atom is -0.508 e. The molecule has 3 aliphatic rings. The molecule has 4 aromatic carbocycles. The standard InChI is InChI=1S/C46H53N5O4/c1-2-40(34-10-4-3-5-11-34)44(36-16-19-39(52)20-17-36)35-14-12-33(13-15-35)9-6-25-49-27-8-28-50(30-29-49)26-7-24-47-38-18-21-41-37(31-38)32-51(46(41)55)42-22-23-43(53)48-45(42)54/h3-5,10-21,31,42,47,52H,2,6-9,22-30,32H2,1H3,(H,48,53,54)/b44-40+. The van der Waals surface area contributed by atoms with Gasteiger partial charge in [0.1, 0.15) is 11.8 Å². The number of anilines is 1. The molecular formula is C46H53N5O4. The first-order valence-corrected chi connectivity index (χ1v) is 20.0. The lowest BCUT2D eigenvalue weighted by Crippen LogP contribution is -2.52. The number of imide groups is 1. The molecule has 3 amide bonds. The van der Waals surface area contributed by atoms with Gasteiger partial charge in [-0.1, -0.05) is 73.7 Å². The largest absolute Gasteiger partial charge is 0.508 e. The minimum atomic E-state index is -0.591. The third kappa shape index (κ3) is 9.35. The van der Waals surface area contributed by atoms with Gasteiger partial charge in [-0.2, -0.15) is 0 Å². The molecule has 2 fully saturated rings. The van der Waals surface area contributed by atoms with Crippen LogP contribution in [0, 0.1) is 0 Å². The van der Waals surface area contributed by atoms with Crippen LogP contribution in [0.2, 0.25) is 0 Å². The van der Waals surface area contributed by atoms with Crippen molar-refractivity contribution in [1.82, 2.24) is 20.0 Å². The Morgan fingerprint density at radius 3 is 2.18 bits per heavy atom. The van der Waals surface area contributed by atoms with Crippen LogP contribution in [0.5, 0.6) is 5.75 Å². The maximum absolute atomic E-state index is 13.0. The Balaban J connectivity index is 0.851. The zero-order chi connectivity index (χ0) is 38.1. The number of carbonyl (C=O) groups is 3. The summed E-state index contributed by atoms with van der Waals surface area (Å²) in [6.07, 6.45) is 5.93. The molecule has 3 N–H and O–H groups in total. The van der Waals surface area contributed by atoms with E-state index < -0.39 is 6.04 Å². The average molecular weight is 740 g/mol. The van der Waals surface area contributed by atoms with E-state index in [0.717, 1.165) is 88.3 Å². The van der Waals surface area contributed by atoms with Gasteiger partial charge in [-0.25, -0.2) is 0 Å². The van der Waals surface area contributed by atoms with Crippen LogP contribution in [0.1, 0.15) is 83.6 Å². The predicted octanol–water partition coefficient (Wildman–Crippen LogP) is 6.96. The Labute approximate surface area is 325 Å². The van der Waals surface area contributed by atoms with Crippen molar-refractivity contribution < 1.29 is 19.5 Å². The summed E-state index contributed by atoms with van der Waals surface area (Å²) in [7, 11) is 0. The molecule has 9 nitrogen and oxygen atoms in total. The van der Waals surface area contributed by atoms with E-state index in [4.69, 9.17) is 0 Å². The zero-order valence-corrected chi connectivity index (χ0v) is 31.9. The number of carbonyl (C=O) groups excluding carboxylic acids is 3. The van der Waals surface area contributed by atoms with Crippen LogP contribution in [-0.2, 0) is 22.6 Å². The zero-order valence-electron chi connectivity index (χ0n) is 31.9. The number of aromatic hydroxyl groups is 1. The average Bonchev–Trinajstić information content (AvgIpc) is 3.35. The van der Waals surface area contributed by atoms with E-state index in [2.05, 4.69) is 82.0 Å². The van der Waals surface area contributed by atoms with Gasteiger partial charge >= 0.3 is 0 Å². The lowest BCUT2D eigenvalue weighted by atomic mass is 9.87. The van der Waals surface area contributed by atoms with Gasteiger partial charge in [-0.15, -0.1) is 0 Å². The van der Waals surface area contributed by atoms with Crippen molar-refractivity contribution >= 4 is 34.6 Å². The minimum absolute atomic E-state index is 0.139. The Morgan fingerprint density at radius 2 is 1.49 bits per heavy atom. The van der Waals surface area contributed by atoms with E-state index in [0.29, 0.717) is 18.5 Å². The van der Waals surface area contributed by atoms with Gasteiger partial charge in [-0.3, -0.25) is 19.7 Å². The summed E-state index contributed by atoms with van der Waals surface area (Å²) in [5, 5.41) is 15.9. The quantitative estimate of drug-likeness (QED) is 0.0730. The van der Waals surface area contributed by atoms with Gasteiger partial charge in [0.25, 0.3) is 5.91 Å². The predicted molar refractivity (Wildman–Crippen MR) is 219 cm³/mol. The number of amides is 3. The Hall–Kier alpha value is -5.25. The van der Waals surface area contributed by atoms with Gasteiger partial charge in [0, 0.05) is 43.9 Å². The molecule has 0 saturated carbocycles. The lowest BCUT2D eigenvalue weighted by Gasteiger charge is -2.29. The molecule has 9 heteroatoms. The van der Waals surface area contributed by atoms with Crippen molar-refractivity contribution in [3.63, 3.8) is 0 Å². The number of hydrogen-bond donors (Lipinski definition) is 3. The monoisotopic (exact) mass is 739 g/mol. The van der Waals surface area contributed by atoms with Gasteiger partial charge in [0.2, 0.25) is 11.8 Å². The molecule has 1 unspecified atom stereocenters. The second kappa shape index (κ2) is 17.9. The molecule has 4 aromatic rings. The van der Waals surface area contributed by atoms with Crippen LogP contribution in [0.4, 0.5) is 5.69 Å². The molecule has 0 bridgehead atoms. The highest BCUT2D eigenvalue weighted by Gasteiger charge is 2.39. The fourth-order valence-corrected chi connectivity index (χ4v) is 8.34. The number of nitrogens with zero attached hydrogens (tertiary/aromatic N) is 3. The molecule has 0 radical (unpaired) electrons. The fourth-order valence-electron chi connectivity index (χ4n) is 8.34. The Morgan fingerprint density at radius 1 is 0.800 bits per heavy atom. The van der Waals surface area contributed by atoms with E-state index in [1.165, 1.54) is 34.3 Å². The number of fused-ring (bicyclic) bond motifs is 1. The number of hydrogen-bond acceptors (Lipinski definition) is 7. The van der Waals surface area contributed by atoms with E-state index in [9.17, 15) is 19.5 Å². The summed E-state index contributed by atoms with van der Waals surface area (Å²) >= 11 is 0. The van der Waals surface area contributed by atoms with Gasteiger partial charge in [0.05, 0.1) is 0 Å². The molecule has 0 aromatic heterocycles. The van der Waals surface area contributed by atoms with Crippen LogP contribution in [-0.4, -0.2) is 89.4 Å². The van der Waals surface area contributed by atoms with E-state index >= 15 is 0 Å². The molecule has 0 aliphatic carbocycles. The number of piperidine rings is 1. The normalized spacial score (nSPS) is 18.5. The first-order chi connectivity index (χ1) is 26.9. The van der Waals surface area contributed by atoms with Gasteiger partial charge in [0.15, 0.2) is 0 Å². The van der Waals surface area contributed by atoms with Crippen LogP contribution in [0.15, 0.2) is 97.1 Å². The Kier molecular flexibility index (Phi) is 12.4. The molecule has 3 aliphatic heterocycles. The maximum atomic E-state index is 13.0. The van der Waals surface area contributed by atoms with Crippen LogP contribution < -0.4 is 10.6 Å². The number of nitrogens with one attached hydrogen (secondary N) is 2. The molecule has 1 atom stereocenters. The molecule has 55 heavy (non-hydrogen) atoms. The smallest absolute Gasteiger partial charge is 0.255 e. The molecule has 2 saturated heterocycles. The number of rotatable bonds is 14. The van der Waals surface area contributed by atoms with E-state index in [1.54, 1.807) is 17.0 Å². The molecular weight excluding hydrogens is 687 g/mol. The van der Waals surface area contributed by atoms with Crippen LogP contribution in [0.3, 0.4) is 0 Å². The fraction of sp³-hybridized carbons (Fsp3) is 0.370. The summed E-state index contributed by atoms with van der Waals surface area (Å²) in [5.41, 5.74) is 9.94. The Bertz CT molecular complexity index is 1990. The third-order valence-electron chi connectivity index (χ3n) is 11.3. The van der Waals surface area contributed by atoms with E-state index in [1.807, 2.05) is 30.3 Å². The third-order valence-corrected chi connectivity index (χ3v) is 11.3. The molecule has 0 spiro atoms. The van der Waals surface area contributed by atoms with Crippen molar-refractivity contribution in [1.29, 1.82) is 0 Å². The van der Waals surface area contributed by atoms with Crippen molar-refractivity contribution in [3.8, 4) is 5.75 Å². The van der Waals surface area contributed by atoms with Crippen molar-refractivity contribution in [2.45, 2.75) is 64.5 Å². The molecule has 286 valence electrons.